The molecular formula is C8H5F3N2O6. The molecule has 19 heavy (non-hydrogen) atoms. The van der Waals surface area contributed by atoms with Crippen LogP contribution in [-0.4, -0.2) is 34.5 Å². The largest absolute Gasteiger partial charge is 0.574 e. The average molecular weight is 282 g/mol. The minimum atomic E-state index is -5.20. The van der Waals surface area contributed by atoms with Gasteiger partial charge in [-0.25, -0.2) is 9.78 Å². The van der Waals surface area contributed by atoms with Crippen LogP contribution in [0.4, 0.5) is 18.9 Å². The van der Waals surface area contributed by atoms with Crippen LogP contribution in [0.15, 0.2) is 6.20 Å². The van der Waals surface area contributed by atoms with Gasteiger partial charge in [-0.2, -0.15) is 0 Å². The Hall–Kier alpha value is -2.59. The summed E-state index contributed by atoms with van der Waals surface area (Å²) in [6, 6.07) is 0. The van der Waals surface area contributed by atoms with Gasteiger partial charge < -0.3 is 14.6 Å². The van der Waals surface area contributed by atoms with Crippen molar-refractivity contribution in [2.75, 3.05) is 7.11 Å². The van der Waals surface area contributed by atoms with Crippen molar-refractivity contribution in [1.82, 2.24) is 4.98 Å². The van der Waals surface area contributed by atoms with Crippen molar-refractivity contribution in [2.45, 2.75) is 6.36 Å². The SMILES string of the molecule is COc1c([N+](=O)[O-])cnc(OC(F)(F)F)c1C(=O)O. The molecule has 0 fully saturated rings. The number of aromatic carboxylic acids is 1. The van der Waals surface area contributed by atoms with E-state index in [1.807, 2.05) is 0 Å². The van der Waals surface area contributed by atoms with Crippen molar-refractivity contribution in [3.05, 3.63) is 21.9 Å². The quantitative estimate of drug-likeness (QED) is 0.659. The van der Waals surface area contributed by atoms with E-state index in [0.717, 1.165) is 7.11 Å². The number of methoxy groups -OCH3 is 1. The zero-order chi connectivity index (χ0) is 14.8. The van der Waals surface area contributed by atoms with E-state index in [9.17, 15) is 28.1 Å². The second-order valence-corrected chi connectivity index (χ2v) is 2.97. The van der Waals surface area contributed by atoms with Gasteiger partial charge in [-0.05, 0) is 0 Å². The Morgan fingerprint density at radius 2 is 2.11 bits per heavy atom. The van der Waals surface area contributed by atoms with E-state index in [1.165, 1.54) is 0 Å². The molecule has 0 saturated heterocycles. The molecule has 11 heteroatoms. The molecule has 1 heterocycles. The number of hydrogen-bond donors (Lipinski definition) is 1. The number of aromatic nitrogens is 1. The molecule has 8 nitrogen and oxygen atoms in total. The number of rotatable bonds is 4. The lowest BCUT2D eigenvalue weighted by atomic mass is 10.2. The van der Waals surface area contributed by atoms with Gasteiger partial charge >= 0.3 is 18.0 Å². The topological polar surface area (TPSA) is 112 Å². The lowest BCUT2D eigenvalue weighted by Gasteiger charge is -2.12. The summed E-state index contributed by atoms with van der Waals surface area (Å²) in [5.74, 6) is -4.14. The minimum absolute atomic E-state index is 0.409. The number of halogens is 3. The Labute approximate surface area is 102 Å². The predicted molar refractivity (Wildman–Crippen MR) is 51.1 cm³/mol. The number of nitrogens with zero attached hydrogens (tertiary/aromatic N) is 2. The second kappa shape index (κ2) is 4.96. The van der Waals surface area contributed by atoms with E-state index >= 15 is 0 Å². The van der Waals surface area contributed by atoms with Gasteiger partial charge in [0.05, 0.1) is 12.0 Å². The zero-order valence-electron chi connectivity index (χ0n) is 9.09. The molecule has 0 bridgehead atoms. The summed E-state index contributed by atoms with van der Waals surface area (Å²) in [7, 11) is 0.867. The number of nitro groups is 1. The van der Waals surface area contributed by atoms with Crippen molar-refractivity contribution in [3.63, 3.8) is 0 Å². The molecule has 0 aromatic carbocycles. The summed E-state index contributed by atoms with van der Waals surface area (Å²) < 4.78 is 44.0. The Morgan fingerprint density at radius 3 is 2.47 bits per heavy atom. The normalized spacial score (nSPS) is 10.9. The third-order valence-electron chi connectivity index (χ3n) is 1.80. The van der Waals surface area contributed by atoms with Gasteiger partial charge in [-0.3, -0.25) is 10.1 Å². The van der Waals surface area contributed by atoms with Crippen molar-refractivity contribution >= 4 is 11.7 Å². The molecular weight excluding hydrogens is 277 g/mol. The van der Waals surface area contributed by atoms with Crippen LogP contribution >= 0.6 is 0 Å². The van der Waals surface area contributed by atoms with Crippen LogP contribution < -0.4 is 9.47 Å². The molecule has 104 valence electrons. The fourth-order valence-corrected chi connectivity index (χ4v) is 1.18. The van der Waals surface area contributed by atoms with Gasteiger partial charge in [-0.1, -0.05) is 0 Å². The summed E-state index contributed by atoms with van der Waals surface area (Å²) >= 11 is 0. The highest BCUT2D eigenvalue weighted by molar-refractivity contribution is 5.95. The van der Waals surface area contributed by atoms with Crippen LogP contribution in [0.3, 0.4) is 0 Å². The second-order valence-electron chi connectivity index (χ2n) is 2.97. The number of pyridine rings is 1. The van der Waals surface area contributed by atoms with E-state index in [2.05, 4.69) is 14.5 Å². The Bertz CT molecular complexity index is 530. The molecule has 1 N–H and O–H groups in total. The maximum Gasteiger partial charge on any atom is 0.574 e. The van der Waals surface area contributed by atoms with Gasteiger partial charge in [0, 0.05) is 0 Å². The van der Waals surface area contributed by atoms with Gasteiger partial charge in [0.1, 0.15) is 6.20 Å². The molecule has 0 atom stereocenters. The number of carboxylic acid groups (broad SMARTS) is 1. The highest BCUT2D eigenvalue weighted by atomic mass is 19.4. The molecule has 0 unspecified atom stereocenters. The van der Waals surface area contributed by atoms with Crippen molar-refractivity contribution in [3.8, 4) is 11.6 Å². The first-order valence-corrected chi connectivity index (χ1v) is 4.37. The van der Waals surface area contributed by atoms with Crippen LogP contribution in [0, 0.1) is 10.1 Å². The lowest BCUT2D eigenvalue weighted by molar-refractivity contribution is -0.386. The summed E-state index contributed by atoms with van der Waals surface area (Å²) in [5.41, 5.74) is -2.08. The average Bonchev–Trinajstić information content (AvgIpc) is 2.25. The van der Waals surface area contributed by atoms with Gasteiger partial charge in [0.15, 0.2) is 5.56 Å². The Morgan fingerprint density at radius 1 is 1.53 bits per heavy atom. The van der Waals surface area contributed by atoms with Gasteiger partial charge in [0.25, 0.3) is 0 Å². The van der Waals surface area contributed by atoms with Crippen molar-refractivity contribution in [2.24, 2.45) is 0 Å². The number of ether oxygens (including phenoxy) is 2. The molecule has 1 rings (SSSR count). The maximum atomic E-state index is 12.0. The van der Waals surface area contributed by atoms with Crippen molar-refractivity contribution < 1.29 is 37.5 Å². The smallest absolute Gasteiger partial charge is 0.489 e. The van der Waals surface area contributed by atoms with E-state index in [0.29, 0.717) is 6.20 Å². The first-order chi connectivity index (χ1) is 8.67. The monoisotopic (exact) mass is 282 g/mol. The highest BCUT2D eigenvalue weighted by Gasteiger charge is 2.37. The molecule has 0 aliphatic rings. The van der Waals surface area contributed by atoms with Gasteiger partial charge in [0.2, 0.25) is 11.6 Å². The lowest BCUT2D eigenvalue weighted by Crippen LogP contribution is -2.20. The fourth-order valence-electron chi connectivity index (χ4n) is 1.18. The first-order valence-electron chi connectivity index (χ1n) is 4.37. The highest BCUT2D eigenvalue weighted by Crippen LogP contribution is 2.37. The van der Waals surface area contributed by atoms with E-state index in [1.54, 1.807) is 0 Å². The van der Waals surface area contributed by atoms with Crippen LogP contribution in [0.1, 0.15) is 10.4 Å². The third kappa shape index (κ3) is 3.20. The number of alkyl halides is 3. The van der Waals surface area contributed by atoms with Crippen LogP contribution in [0.25, 0.3) is 0 Å². The first kappa shape index (κ1) is 14.5. The maximum absolute atomic E-state index is 12.0. The van der Waals surface area contributed by atoms with E-state index in [4.69, 9.17) is 5.11 Å². The number of carbonyl (C=O) groups is 1. The van der Waals surface area contributed by atoms with Crippen molar-refractivity contribution in [1.29, 1.82) is 0 Å². The molecule has 0 amide bonds. The summed E-state index contributed by atoms with van der Waals surface area (Å²) in [6.07, 6.45) is -4.79. The Kier molecular flexibility index (Phi) is 3.77. The van der Waals surface area contributed by atoms with Crippen LogP contribution in [0.2, 0.25) is 0 Å². The van der Waals surface area contributed by atoms with E-state index < -0.39 is 40.1 Å². The molecule has 0 spiro atoms. The summed E-state index contributed by atoms with van der Waals surface area (Å²) in [6.45, 7) is 0. The molecule has 0 aliphatic carbocycles. The summed E-state index contributed by atoms with van der Waals surface area (Å²) in [5, 5.41) is 19.4. The van der Waals surface area contributed by atoms with E-state index in [-0.39, 0.29) is 0 Å². The molecule has 1 aromatic rings. The Balaban J connectivity index is 3.50. The zero-order valence-corrected chi connectivity index (χ0v) is 9.09. The van der Waals surface area contributed by atoms with Crippen LogP contribution in [-0.2, 0) is 0 Å². The molecule has 1 aromatic heterocycles. The third-order valence-corrected chi connectivity index (χ3v) is 1.80. The summed E-state index contributed by atoms with van der Waals surface area (Å²) in [4.78, 5) is 23.4. The van der Waals surface area contributed by atoms with Crippen LogP contribution in [0.5, 0.6) is 11.6 Å². The number of carboxylic acids is 1. The molecule has 0 aliphatic heterocycles. The molecule has 0 saturated carbocycles. The fraction of sp³-hybridized carbons (Fsp3) is 0.250. The predicted octanol–water partition coefficient (Wildman–Crippen LogP) is 1.60. The number of hydrogen-bond acceptors (Lipinski definition) is 6. The minimum Gasteiger partial charge on any atom is -0.489 e. The standard InChI is InChI=1S/C8H5F3N2O6/c1-18-5-3(13(16)17)2-12-6(4(5)7(14)15)19-8(9,10)11/h2H,1H3,(H,14,15). The molecule has 0 radical (unpaired) electrons. The van der Waals surface area contributed by atoms with Gasteiger partial charge in [-0.15, -0.1) is 13.2 Å².